The Hall–Kier alpha value is -1.40. The molecule has 0 bridgehead atoms. The highest BCUT2D eigenvalue weighted by Gasteiger charge is 2.41. The topological polar surface area (TPSA) is 86.4 Å². The third kappa shape index (κ3) is 0.865. The second-order valence-corrected chi connectivity index (χ2v) is 3.65. The van der Waals surface area contributed by atoms with Gasteiger partial charge in [0.2, 0.25) is 0 Å². The zero-order valence-corrected chi connectivity index (χ0v) is 7.33. The third-order valence-electron chi connectivity index (χ3n) is 2.84. The molecule has 14 heavy (non-hydrogen) atoms. The number of aliphatic hydroxyl groups is 2. The maximum Gasteiger partial charge on any atom is 0.180 e. The van der Waals surface area contributed by atoms with E-state index in [1.807, 2.05) is 0 Å². The van der Waals surface area contributed by atoms with Crippen molar-refractivity contribution in [3.8, 4) is 0 Å². The summed E-state index contributed by atoms with van der Waals surface area (Å²) < 4.78 is 1.66. The van der Waals surface area contributed by atoms with E-state index >= 15 is 0 Å². The molecule has 1 saturated carbocycles. The maximum atomic E-state index is 9.52. The van der Waals surface area contributed by atoms with E-state index in [0.717, 1.165) is 5.56 Å². The Balaban J connectivity index is 2.09. The molecule has 1 aliphatic carbocycles. The van der Waals surface area contributed by atoms with Crippen molar-refractivity contribution in [2.75, 3.05) is 0 Å². The molecule has 0 aliphatic heterocycles. The number of nitrogens with zero attached hydrogens (tertiary/aromatic N) is 3. The SMILES string of the molecule is OC1CC(O)C1c1c[nH]n2cnnc12. The summed E-state index contributed by atoms with van der Waals surface area (Å²) >= 11 is 0. The van der Waals surface area contributed by atoms with Gasteiger partial charge in [0.05, 0.1) is 12.2 Å². The number of H-pyrrole nitrogens is 1. The van der Waals surface area contributed by atoms with Crippen LogP contribution in [0.3, 0.4) is 0 Å². The number of hydrogen-bond donors (Lipinski definition) is 3. The summed E-state index contributed by atoms with van der Waals surface area (Å²) in [7, 11) is 0. The molecule has 0 spiro atoms. The van der Waals surface area contributed by atoms with Crippen LogP contribution in [0.25, 0.3) is 5.65 Å². The molecule has 3 N–H and O–H groups in total. The molecule has 2 aromatic rings. The lowest BCUT2D eigenvalue weighted by molar-refractivity contribution is -0.0519. The van der Waals surface area contributed by atoms with Crippen LogP contribution in [0.5, 0.6) is 0 Å². The van der Waals surface area contributed by atoms with Gasteiger partial charge in [-0.2, -0.15) is 0 Å². The van der Waals surface area contributed by atoms with Crippen molar-refractivity contribution >= 4 is 5.65 Å². The number of aromatic amines is 1. The molecule has 0 saturated heterocycles. The first-order chi connectivity index (χ1) is 6.77. The summed E-state index contributed by atoms with van der Waals surface area (Å²) in [5.41, 5.74) is 1.50. The van der Waals surface area contributed by atoms with Crippen LogP contribution < -0.4 is 0 Å². The minimum Gasteiger partial charge on any atom is -0.392 e. The standard InChI is InChI=1S/C8H10N4O2/c13-5-1-6(14)7(5)4-2-10-12-3-9-11-8(4)12/h2-3,5-7,10,13-14H,1H2. The summed E-state index contributed by atoms with van der Waals surface area (Å²) in [6.07, 6.45) is 2.80. The third-order valence-corrected chi connectivity index (χ3v) is 2.84. The number of aromatic nitrogens is 4. The van der Waals surface area contributed by atoms with Crippen molar-refractivity contribution in [1.82, 2.24) is 19.8 Å². The fourth-order valence-electron chi connectivity index (χ4n) is 1.99. The van der Waals surface area contributed by atoms with Gasteiger partial charge in [-0.3, -0.25) is 5.10 Å². The molecule has 6 nitrogen and oxygen atoms in total. The summed E-state index contributed by atoms with van der Waals surface area (Å²) in [4.78, 5) is 0. The Morgan fingerprint density at radius 1 is 1.43 bits per heavy atom. The van der Waals surface area contributed by atoms with Gasteiger partial charge in [0.15, 0.2) is 5.65 Å². The van der Waals surface area contributed by atoms with E-state index in [1.54, 1.807) is 17.0 Å². The second-order valence-electron chi connectivity index (χ2n) is 3.65. The molecule has 0 radical (unpaired) electrons. The highest BCUT2D eigenvalue weighted by Crippen LogP contribution is 2.38. The van der Waals surface area contributed by atoms with E-state index in [2.05, 4.69) is 15.3 Å². The minimum absolute atomic E-state index is 0.229. The van der Waals surface area contributed by atoms with E-state index in [0.29, 0.717) is 12.1 Å². The van der Waals surface area contributed by atoms with E-state index in [9.17, 15) is 10.2 Å². The Bertz CT molecular complexity index is 455. The van der Waals surface area contributed by atoms with Crippen LogP contribution in [-0.4, -0.2) is 42.2 Å². The lowest BCUT2D eigenvalue weighted by Gasteiger charge is -2.37. The van der Waals surface area contributed by atoms with Crippen molar-refractivity contribution in [3.05, 3.63) is 18.1 Å². The summed E-state index contributed by atoms with van der Waals surface area (Å²) in [5.74, 6) is -0.229. The molecular formula is C8H10N4O2. The number of hydrogen-bond acceptors (Lipinski definition) is 4. The molecule has 2 unspecified atom stereocenters. The van der Waals surface area contributed by atoms with Crippen LogP contribution in [0, 0.1) is 0 Å². The zero-order valence-electron chi connectivity index (χ0n) is 7.33. The quantitative estimate of drug-likeness (QED) is 0.558. The van der Waals surface area contributed by atoms with Crippen LogP contribution in [-0.2, 0) is 0 Å². The number of rotatable bonds is 1. The van der Waals surface area contributed by atoms with Gasteiger partial charge in [0.25, 0.3) is 0 Å². The highest BCUT2D eigenvalue weighted by atomic mass is 16.3. The van der Waals surface area contributed by atoms with Crippen molar-refractivity contribution in [2.45, 2.75) is 24.5 Å². The summed E-state index contributed by atoms with van der Waals surface area (Å²) in [6, 6.07) is 0. The maximum absolute atomic E-state index is 9.52. The Kier molecular flexibility index (Phi) is 1.45. The Labute approximate surface area is 79.2 Å². The first kappa shape index (κ1) is 7.95. The van der Waals surface area contributed by atoms with E-state index in [4.69, 9.17) is 0 Å². The van der Waals surface area contributed by atoms with Crippen LogP contribution in [0.2, 0.25) is 0 Å². The van der Waals surface area contributed by atoms with Gasteiger partial charge in [-0.25, -0.2) is 4.52 Å². The fourth-order valence-corrected chi connectivity index (χ4v) is 1.99. The number of nitrogens with one attached hydrogen (secondary N) is 1. The lowest BCUT2D eigenvalue weighted by atomic mass is 9.75. The minimum atomic E-state index is -0.471. The number of aliphatic hydroxyl groups excluding tert-OH is 2. The first-order valence-corrected chi connectivity index (χ1v) is 4.50. The molecular weight excluding hydrogens is 184 g/mol. The predicted octanol–water partition coefficient (Wildman–Crippen LogP) is -0.734. The van der Waals surface area contributed by atoms with Gasteiger partial charge in [-0.15, -0.1) is 10.2 Å². The average Bonchev–Trinajstić information content (AvgIpc) is 2.69. The monoisotopic (exact) mass is 194 g/mol. The highest BCUT2D eigenvalue weighted by molar-refractivity contribution is 5.49. The summed E-state index contributed by atoms with van der Waals surface area (Å²) in [6.45, 7) is 0. The van der Waals surface area contributed by atoms with Gasteiger partial charge in [0, 0.05) is 24.1 Å². The molecule has 1 aliphatic rings. The van der Waals surface area contributed by atoms with Gasteiger partial charge in [0.1, 0.15) is 6.33 Å². The van der Waals surface area contributed by atoms with Gasteiger partial charge in [-0.1, -0.05) is 0 Å². The molecule has 2 atom stereocenters. The lowest BCUT2D eigenvalue weighted by Crippen LogP contribution is -2.43. The normalized spacial score (nSPS) is 32.0. The molecule has 3 rings (SSSR count). The Morgan fingerprint density at radius 3 is 2.93 bits per heavy atom. The van der Waals surface area contributed by atoms with Crippen LogP contribution in [0.15, 0.2) is 12.5 Å². The molecule has 2 aromatic heterocycles. The molecule has 0 aromatic carbocycles. The van der Waals surface area contributed by atoms with Gasteiger partial charge in [-0.05, 0) is 0 Å². The molecule has 6 heteroatoms. The van der Waals surface area contributed by atoms with Crippen molar-refractivity contribution in [1.29, 1.82) is 0 Å². The smallest absolute Gasteiger partial charge is 0.180 e. The first-order valence-electron chi connectivity index (χ1n) is 4.50. The van der Waals surface area contributed by atoms with E-state index in [1.165, 1.54) is 0 Å². The van der Waals surface area contributed by atoms with Crippen molar-refractivity contribution in [3.63, 3.8) is 0 Å². The van der Waals surface area contributed by atoms with Crippen LogP contribution >= 0.6 is 0 Å². The zero-order chi connectivity index (χ0) is 9.71. The summed E-state index contributed by atoms with van der Waals surface area (Å²) in [5, 5.41) is 29.6. The van der Waals surface area contributed by atoms with Crippen LogP contribution in [0.4, 0.5) is 0 Å². The molecule has 0 amide bonds. The molecule has 74 valence electrons. The van der Waals surface area contributed by atoms with E-state index < -0.39 is 12.2 Å². The fraction of sp³-hybridized carbons (Fsp3) is 0.500. The van der Waals surface area contributed by atoms with E-state index in [-0.39, 0.29) is 5.92 Å². The predicted molar refractivity (Wildman–Crippen MR) is 46.7 cm³/mol. The van der Waals surface area contributed by atoms with Gasteiger partial charge >= 0.3 is 0 Å². The van der Waals surface area contributed by atoms with Crippen molar-refractivity contribution < 1.29 is 10.2 Å². The largest absolute Gasteiger partial charge is 0.392 e. The van der Waals surface area contributed by atoms with Crippen molar-refractivity contribution in [2.24, 2.45) is 0 Å². The average molecular weight is 194 g/mol. The molecule has 1 fully saturated rings. The van der Waals surface area contributed by atoms with Gasteiger partial charge < -0.3 is 10.2 Å². The molecule has 2 heterocycles. The number of fused-ring (bicyclic) bond motifs is 1. The Morgan fingerprint density at radius 2 is 2.21 bits per heavy atom. The van der Waals surface area contributed by atoms with Crippen LogP contribution in [0.1, 0.15) is 17.9 Å². The second kappa shape index (κ2) is 2.55.